The summed E-state index contributed by atoms with van der Waals surface area (Å²) >= 11 is 12.1. The fourth-order valence-corrected chi connectivity index (χ4v) is 2.80. The summed E-state index contributed by atoms with van der Waals surface area (Å²) < 4.78 is 26.6. The zero-order chi connectivity index (χ0) is 16.2. The van der Waals surface area contributed by atoms with E-state index in [0.29, 0.717) is 15.7 Å². The van der Waals surface area contributed by atoms with Crippen LogP contribution in [-0.4, -0.2) is 45.8 Å². The maximum absolute atomic E-state index is 11.8. The minimum Gasteiger partial charge on any atom is -0.309 e. The fraction of sp³-hybridized carbons (Fsp3) is 0.417. The highest BCUT2D eigenvalue weighted by Gasteiger charge is 2.19. The molecule has 0 aliphatic carbocycles. The molecule has 0 atom stereocenters. The number of amides is 1. The van der Waals surface area contributed by atoms with Crippen LogP contribution in [-0.2, 0) is 15.0 Å². The number of hydrogen-bond acceptors (Lipinski definition) is 3. The van der Waals surface area contributed by atoms with E-state index < -0.39 is 10.2 Å². The predicted octanol–water partition coefficient (Wildman–Crippen LogP) is 1.74. The first kappa shape index (κ1) is 18.2. The summed E-state index contributed by atoms with van der Waals surface area (Å²) in [6.07, 6.45) is 0. The summed E-state index contributed by atoms with van der Waals surface area (Å²) in [5, 5.41) is 0.654. The van der Waals surface area contributed by atoms with Gasteiger partial charge in [0.25, 0.3) is 10.2 Å². The van der Waals surface area contributed by atoms with Crippen molar-refractivity contribution in [2.24, 2.45) is 0 Å². The highest BCUT2D eigenvalue weighted by atomic mass is 35.5. The van der Waals surface area contributed by atoms with Crippen LogP contribution in [0.3, 0.4) is 0 Å². The van der Waals surface area contributed by atoms with Gasteiger partial charge in [0.05, 0.1) is 15.7 Å². The Morgan fingerprint density at radius 2 is 1.76 bits per heavy atom. The quantitative estimate of drug-likeness (QED) is 0.846. The molecule has 0 saturated heterocycles. The van der Waals surface area contributed by atoms with E-state index >= 15 is 0 Å². The van der Waals surface area contributed by atoms with E-state index in [1.54, 1.807) is 18.2 Å². The molecule has 0 aliphatic heterocycles. The Morgan fingerprint density at radius 1 is 1.24 bits per heavy atom. The smallest absolute Gasteiger partial charge is 0.278 e. The zero-order valence-electron chi connectivity index (χ0n) is 11.9. The van der Waals surface area contributed by atoms with Crippen LogP contribution in [0.2, 0.25) is 10.0 Å². The van der Waals surface area contributed by atoms with Crippen LogP contribution in [0.5, 0.6) is 0 Å². The van der Waals surface area contributed by atoms with Gasteiger partial charge in [0.2, 0.25) is 5.91 Å². The van der Waals surface area contributed by atoms with Gasteiger partial charge in [0.1, 0.15) is 0 Å². The number of carbonyl (C=O) groups is 1. The summed E-state index contributed by atoms with van der Waals surface area (Å²) in [6, 6.07) is 4.90. The first-order valence-corrected chi connectivity index (χ1v) is 8.25. The van der Waals surface area contributed by atoms with E-state index in [-0.39, 0.29) is 19.0 Å². The Labute approximate surface area is 134 Å². The van der Waals surface area contributed by atoms with Gasteiger partial charge in [0, 0.05) is 34.1 Å². The molecule has 118 valence electrons. The second-order valence-corrected chi connectivity index (χ2v) is 7.21. The Bertz CT molecular complexity index is 600. The van der Waals surface area contributed by atoms with Crippen molar-refractivity contribution >= 4 is 45.0 Å². The molecule has 0 spiro atoms. The molecule has 0 radical (unpaired) electrons. The highest BCUT2D eigenvalue weighted by molar-refractivity contribution is 7.87. The molecule has 0 bridgehead atoms. The van der Waals surface area contributed by atoms with Crippen molar-refractivity contribution in [1.82, 2.24) is 9.03 Å². The molecule has 0 aromatic heterocycles. The molecule has 21 heavy (non-hydrogen) atoms. The Balaban J connectivity index is 2.88. The number of rotatable bonds is 6. The minimum absolute atomic E-state index is 0.0433. The Hall–Kier alpha value is -0.860. The molecule has 9 heteroatoms. The van der Waals surface area contributed by atoms with Crippen molar-refractivity contribution < 1.29 is 13.2 Å². The summed E-state index contributed by atoms with van der Waals surface area (Å²) in [5.74, 6) is -0.283. The molecule has 1 rings (SSSR count). The van der Waals surface area contributed by atoms with E-state index in [1.807, 2.05) is 0 Å². The SMILES string of the molecule is CC(=O)N(CCNS(=O)(=O)N(C)C)c1c(Cl)cccc1Cl. The predicted molar refractivity (Wildman–Crippen MR) is 85.1 cm³/mol. The van der Waals surface area contributed by atoms with Crippen LogP contribution in [0.15, 0.2) is 18.2 Å². The summed E-state index contributed by atoms with van der Waals surface area (Å²) in [7, 11) is -0.717. The van der Waals surface area contributed by atoms with Crippen molar-refractivity contribution in [2.75, 3.05) is 32.1 Å². The number of benzene rings is 1. The van der Waals surface area contributed by atoms with Crippen molar-refractivity contribution in [2.45, 2.75) is 6.92 Å². The lowest BCUT2D eigenvalue weighted by molar-refractivity contribution is -0.116. The maximum atomic E-state index is 11.8. The maximum Gasteiger partial charge on any atom is 0.278 e. The molecular formula is C12H17Cl2N3O3S. The largest absolute Gasteiger partial charge is 0.309 e. The van der Waals surface area contributed by atoms with Gasteiger partial charge in [-0.05, 0) is 12.1 Å². The first-order chi connectivity index (χ1) is 9.66. The van der Waals surface area contributed by atoms with Gasteiger partial charge >= 0.3 is 0 Å². The third kappa shape index (κ3) is 4.82. The highest BCUT2D eigenvalue weighted by Crippen LogP contribution is 2.33. The Kier molecular flexibility index (Phi) is 6.42. The third-order valence-corrected chi connectivity index (χ3v) is 4.83. The third-order valence-electron chi connectivity index (χ3n) is 2.69. The average Bonchev–Trinajstić information content (AvgIpc) is 2.35. The second-order valence-electron chi connectivity index (χ2n) is 4.42. The molecule has 1 aromatic rings. The second kappa shape index (κ2) is 7.42. The average molecular weight is 354 g/mol. The van der Waals surface area contributed by atoms with Crippen LogP contribution in [0.25, 0.3) is 0 Å². The van der Waals surface area contributed by atoms with E-state index in [9.17, 15) is 13.2 Å². The number of nitrogens with one attached hydrogen (secondary N) is 1. The monoisotopic (exact) mass is 353 g/mol. The van der Waals surface area contributed by atoms with Crippen LogP contribution in [0.1, 0.15) is 6.92 Å². The van der Waals surface area contributed by atoms with Crippen molar-refractivity contribution in [3.63, 3.8) is 0 Å². The number of halogens is 2. The van der Waals surface area contributed by atoms with Crippen LogP contribution in [0.4, 0.5) is 5.69 Å². The van der Waals surface area contributed by atoms with Gasteiger partial charge < -0.3 is 4.90 Å². The van der Waals surface area contributed by atoms with Gasteiger partial charge in [-0.15, -0.1) is 0 Å². The lowest BCUT2D eigenvalue weighted by atomic mass is 10.2. The van der Waals surface area contributed by atoms with E-state index in [2.05, 4.69) is 4.72 Å². The van der Waals surface area contributed by atoms with E-state index in [4.69, 9.17) is 23.2 Å². The van der Waals surface area contributed by atoms with E-state index in [1.165, 1.54) is 25.9 Å². The molecule has 0 aliphatic rings. The molecular weight excluding hydrogens is 337 g/mol. The van der Waals surface area contributed by atoms with Crippen LogP contribution in [0, 0.1) is 0 Å². The summed E-state index contributed by atoms with van der Waals surface area (Å²) in [5.41, 5.74) is 0.373. The van der Waals surface area contributed by atoms with Crippen LogP contribution >= 0.6 is 23.2 Å². The van der Waals surface area contributed by atoms with E-state index in [0.717, 1.165) is 4.31 Å². The van der Waals surface area contributed by atoms with Crippen molar-refractivity contribution in [1.29, 1.82) is 0 Å². The summed E-state index contributed by atoms with van der Waals surface area (Å²) in [6.45, 7) is 1.52. The molecule has 1 aromatic carbocycles. The standard InChI is InChI=1S/C12H17Cl2N3O3S/c1-9(18)17(8-7-15-21(19,20)16(2)3)12-10(13)5-4-6-11(12)14/h4-6,15H,7-8H2,1-3H3. The lowest BCUT2D eigenvalue weighted by Crippen LogP contribution is -2.41. The molecule has 0 heterocycles. The molecule has 0 unspecified atom stereocenters. The normalized spacial score (nSPS) is 11.7. The van der Waals surface area contributed by atoms with Gasteiger partial charge in [-0.25, -0.2) is 4.72 Å². The molecule has 0 saturated carbocycles. The topological polar surface area (TPSA) is 69.7 Å². The number of nitrogens with zero attached hydrogens (tertiary/aromatic N) is 2. The Morgan fingerprint density at radius 3 is 2.19 bits per heavy atom. The molecule has 0 fully saturated rings. The van der Waals surface area contributed by atoms with Crippen LogP contribution < -0.4 is 9.62 Å². The number of carbonyl (C=O) groups excluding carboxylic acids is 1. The first-order valence-electron chi connectivity index (χ1n) is 6.06. The van der Waals surface area contributed by atoms with Gasteiger partial charge in [-0.2, -0.15) is 12.7 Å². The molecule has 1 amide bonds. The number of hydrogen-bond donors (Lipinski definition) is 1. The number of para-hydroxylation sites is 1. The molecule has 6 nitrogen and oxygen atoms in total. The van der Waals surface area contributed by atoms with Gasteiger partial charge in [-0.3, -0.25) is 4.79 Å². The zero-order valence-corrected chi connectivity index (χ0v) is 14.3. The van der Waals surface area contributed by atoms with Gasteiger partial charge in [-0.1, -0.05) is 29.3 Å². The number of anilines is 1. The lowest BCUT2D eigenvalue weighted by Gasteiger charge is -2.24. The molecule has 1 N–H and O–H groups in total. The van der Waals surface area contributed by atoms with Gasteiger partial charge in [0.15, 0.2) is 0 Å². The summed E-state index contributed by atoms with van der Waals surface area (Å²) in [4.78, 5) is 13.1. The van der Waals surface area contributed by atoms with Crippen molar-refractivity contribution in [3.05, 3.63) is 28.2 Å². The van der Waals surface area contributed by atoms with Crippen molar-refractivity contribution in [3.8, 4) is 0 Å². The fourth-order valence-electron chi connectivity index (χ4n) is 1.59. The minimum atomic E-state index is -3.54.